The summed E-state index contributed by atoms with van der Waals surface area (Å²) in [5.74, 6) is 2.10. The van der Waals surface area contributed by atoms with E-state index in [1.54, 1.807) is 35.1 Å². The highest BCUT2D eigenvalue weighted by Gasteiger charge is 2.21. The van der Waals surface area contributed by atoms with Gasteiger partial charge in [0.05, 0.1) is 11.2 Å². The van der Waals surface area contributed by atoms with Crippen LogP contribution < -0.4 is 10.1 Å². The Kier molecular flexibility index (Phi) is 7.55. The minimum Gasteiger partial charge on any atom is -0.482 e. The summed E-state index contributed by atoms with van der Waals surface area (Å²) >= 11 is 7.83. The number of carbonyl (C=O) groups is 2. The smallest absolute Gasteiger partial charge is 0.276 e. The summed E-state index contributed by atoms with van der Waals surface area (Å²) in [6.07, 6.45) is 2.32. The Labute approximate surface area is 172 Å². The van der Waals surface area contributed by atoms with Gasteiger partial charge in [-0.1, -0.05) is 28.9 Å². The molecule has 1 aromatic carbocycles. The van der Waals surface area contributed by atoms with Crippen molar-refractivity contribution in [3.05, 3.63) is 41.2 Å². The van der Waals surface area contributed by atoms with E-state index in [9.17, 15) is 9.59 Å². The molecule has 0 saturated carbocycles. The number of nitrogens with zero attached hydrogens (tertiary/aromatic N) is 4. The Morgan fingerprint density at radius 3 is 2.82 bits per heavy atom. The molecule has 0 radical (unpaired) electrons. The summed E-state index contributed by atoms with van der Waals surface area (Å²) in [4.78, 5) is 26.0. The van der Waals surface area contributed by atoms with Gasteiger partial charge in [-0.3, -0.25) is 14.3 Å². The van der Waals surface area contributed by atoms with Gasteiger partial charge in [0.25, 0.3) is 11.8 Å². The van der Waals surface area contributed by atoms with Crippen LogP contribution in [0.3, 0.4) is 0 Å². The predicted molar refractivity (Wildman–Crippen MR) is 108 cm³/mol. The lowest BCUT2D eigenvalue weighted by molar-refractivity contribution is -0.123. The van der Waals surface area contributed by atoms with E-state index in [2.05, 4.69) is 15.6 Å². The Hall–Kier alpha value is -2.26. The predicted octanol–water partition coefficient (Wildman–Crippen LogP) is 1.71. The highest BCUT2D eigenvalue weighted by Crippen LogP contribution is 2.22. The van der Waals surface area contributed by atoms with Gasteiger partial charge in [-0.25, -0.2) is 0 Å². The molecule has 0 bridgehead atoms. The van der Waals surface area contributed by atoms with Gasteiger partial charge in [0.1, 0.15) is 5.75 Å². The van der Waals surface area contributed by atoms with Crippen molar-refractivity contribution >= 4 is 35.2 Å². The van der Waals surface area contributed by atoms with Gasteiger partial charge in [-0.2, -0.15) is 11.8 Å². The average molecular weight is 424 g/mol. The number of hydrogen-bond donors (Lipinski definition) is 1. The fourth-order valence-corrected chi connectivity index (χ4v) is 3.75. The van der Waals surface area contributed by atoms with Crippen molar-refractivity contribution in [3.63, 3.8) is 0 Å². The molecule has 0 atom stereocenters. The zero-order valence-electron chi connectivity index (χ0n) is 15.3. The topological polar surface area (TPSA) is 89.4 Å². The minimum absolute atomic E-state index is 0.0726. The van der Waals surface area contributed by atoms with Crippen LogP contribution in [-0.4, -0.2) is 69.5 Å². The van der Waals surface area contributed by atoms with Crippen molar-refractivity contribution in [2.24, 2.45) is 0 Å². The van der Waals surface area contributed by atoms with E-state index in [0.717, 1.165) is 24.6 Å². The maximum Gasteiger partial charge on any atom is 0.276 e. The highest BCUT2D eigenvalue weighted by atomic mass is 35.5. The zero-order valence-corrected chi connectivity index (χ0v) is 16.9. The number of halogens is 1. The Balaban J connectivity index is 1.35. The summed E-state index contributed by atoms with van der Waals surface area (Å²) < 4.78 is 7.01. The summed E-state index contributed by atoms with van der Waals surface area (Å²) in [7, 11) is 0. The van der Waals surface area contributed by atoms with Crippen molar-refractivity contribution in [2.75, 3.05) is 37.7 Å². The molecule has 1 aliphatic heterocycles. The maximum atomic E-state index is 12.4. The Morgan fingerprint density at radius 2 is 2.04 bits per heavy atom. The number of rotatable bonds is 8. The quantitative estimate of drug-likeness (QED) is 0.650. The second kappa shape index (κ2) is 10.3. The third-order valence-corrected chi connectivity index (χ3v) is 5.39. The van der Waals surface area contributed by atoms with Crippen LogP contribution in [0, 0.1) is 0 Å². The number of amides is 2. The van der Waals surface area contributed by atoms with E-state index in [4.69, 9.17) is 16.3 Å². The molecule has 0 spiro atoms. The first kappa shape index (κ1) is 20.5. The summed E-state index contributed by atoms with van der Waals surface area (Å²) in [5.41, 5.74) is 0.365. The molecule has 28 heavy (non-hydrogen) atoms. The third-order valence-electron chi connectivity index (χ3n) is 4.14. The van der Waals surface area contributed by atoms with E-state index in [0.29, 0.717) is 36.0 Å². The minimum atomic E-state index is -0.225. The fourth-order valence-electron chi connectivity index (χ4n) is 2.66. The molecule has 3 rings (SSSR count). The van der Waals surface area contributed by atoms with Crippen LogP contribution in [0.15, 0.2) is 30.5 Å². The van der Waals surface area contributed by atoms with Crippen LogP contribution in [0.1, 0.15) is 16.9 Å². The van der Waals surface area contributed by atoms with E-state index in [-0.39, 0.29) is 18.4 Å². The summed E-state index contributed by atoms with van der Waals surface area (Å²) in [6, 6.07) is 7.00. The number of benzene rings is 1. The molecule has 2 amide bonds. The molecule has 1 fully saturated rings. The van der Waals surface area contributed by atoms with Crippen LogP contribution in [0.5, 0.6) is 5.75 Å². The average Bonchev–Trinajstić information content (AvgIpc) is 3.19. The van der Waals surface area contributed by atoms with Crippen molar-refractivity contribution in [1.82, 2.24) is 25.2 Å². The van der Waals surface area contributed by atoms with Crippen LogP contribution >= 0.6 is 23.4 Å². The SMILES string of the molecule is O=C(COc1ccccc1Cl)NCCCn1cc(C(=O)N2CCSCC2)nn1. The zero-order chi connectivity index (χ0) is 19.8. The van der Waals surface area contributed by atoms with Gasteiger partial charge in [-0.05, 0) is 18.6 Å². The van der Waals surface area contributed by atoms with Crippen LogP contribution in [0.4, 0.5) is 0 Å². The molecule has 0 unspecified atom stereocenters. The third kappa shape index (κ3) is 5.87. The molecule has 8 nitrogen and oxygen atoms in total. The second-order valence-corrected chi connectivity index (χ2v) is 7.83. The number of aryl methyl sites for hydroxylation is 1. The summed E-state index contributed by atoms with van der Waals surface area (Å²) in [6.45, 7) is 2.43. The molecule has 1 aromatic heterocycles. The number of carbonyl (C=O) groups excluding carboxylic acids is 2. The molecule has 2 heterocycles. The van der Waals surface area contributed by atoms with Gasteiger partial charge in [-0.15, -0.1) is 5.10 Å². The molecule has 1 saturated heterocycles. The van der Waals surface area contributed by atoms with Gasteiger partial charge < -0.3 is 15.0 Å². The van der Waals surface area contributed by atoms with Crippen LogP contribution in [-0.2, 0) is 11.3 Å². The molecule has 1 N–H and O–H groups in total. The maximum absolute atomic E-state index is 12.4. The fraction of sp³-hybridized carbons (Fsp3) is 0.444. The van der Waals surface area contributed by atoms with Gasteiger partial charge in [0.15, 0.2) is 12.3 Å². The lowest BCUT2D eigenvalue weighted by atomic mass is 10.3. The van der Waals surface area contributed by atoms with E-state index in [1.165, 1.54) is 0 Å². The van der Waals surface area contributed by atoms with Crippen molar-refractivity contribution in [3.8, 4) is 5.75 Å². The van der Waals surface area contributed by atoms with E-state index < -0.39 is 0 Å². The van der Waals surface area contributed by atoms with E-state index in [1.807, 2.05) is 16.7 Å². The lowest BCUT2D eigenvalue weighted by Gasteiger charge is -2.25. The molecular formula is C18H22ClN5O3S. The first-order valence-corrected chi connectivity index (χ1v) is 10.6. The standard InChI is InChI=1S/C18H22ClN5O3S/c19-14-4-1-2-5-16(14)27-13-17(25)20-6-3-7-24-12-15(21-22-24)18(26)23-8-10-28-11-9-23/h1-2,4-5,12H,3,6-11,13H2,(H,20,25). The normalized spacial score (nSPS) is 14.0. The lowest BCUT2D eigenvalue weighted by Crippen LogP contribution is -2.38. The van der Waals surface area contributed by atoms with Crippen LogP contribution in [0.25, 0.3) is 0 Å². The Morgan fingerprint density at radius 1 is 1.25 bits per heavy atom. The van der Waals surface area contributed by atoms with Gasteiger partial charge >= 0.3 is 0 Å². The first-order valence-electron chi connectivity index (χ1n) is 9.04. The van der Waals surface area contributed by atoms with E-state index >= 15 is 0 Å². The van der Waals surface area contributed by atoms with Crippen molar-refractivity contribution < 1.29 is 14.3 Å². The number of nitrogens with one attached hydrogen (secondary N) is 1. The monoisotopic (exact) mass is 423 g/mol. The Bertz CT molecular complexity index is 810. The molecule has 1 aliphatic rings. The number of hydrogen-bond acceptors (Lipinski definition) is 6. The van der Waals surface area contributed by atoms with Crippen molar-refractivity contribution in [1.29, 1.82) is 0 Å². The molecule has 0 aliphatic carbocycles. The van der Waals surface area contributed by atoms with Gasteiger partial charge in [0.2, 0.25) is 0 Å². The molecular weight excluding hydrogens is 402 g/mol. The highest BCUT2D eigenvalue weighted by molar-refractivity contribution is 7.99. The number of aromatic nitrogens is 3. The number of para-hydroxylation sites is 1. The number of ether oxygens (including phenoxy) is 1. The molecule has 2 aromatic rings. The largest absolute Gasteiger partial charge is 0.482 e. The van der Waals surface area contributed by atoms with Crippen molar-refractivity contribution in [2.45, 2.75) is 13.0 Å². The number of thioether (sulfide) groups is 1. The first-order chi connectivity index (χ1) is 13.6. The summed E-state index contributed by atoms with van der Waals surface area (Å²) in [5, 5.41) is 11.2. The molecule has 10 heteroatoms. The van der Waals surface area contributed by atoms with Crippen LogP contribution in [0.2, 0.25) is 5.02 Å². The second-order valence-electron chi connectivity index (χ2n) is 6.19. The molecule has 150 valence electrons. The van der Waals surface area contributed by atoms with Gasteiger partial charge in [0, 0.05) is 37.7 Å².